The summed E-state index contributed by atoms with van der Waals surface area (Å²) in [4.78, 5) is 37.5. The third kappa shape index (κ3) is 4.71. The molecule has 1 aromatic rings. The maximum atomic E-state index is 12.7. The molecular formula is C18H24N2O5. The first kappa shape index (κ1) is 18.8. The van der Waals surface area contributed by atoms with Gasteiger partial charge in [0.25, 0.3) is 0 Å². The Morgan fingerprint density at radius 1 is 1.24 bits per heavy atom. The lowest BCUT2D eigenvalue weighted by molar-refractivity contribution is -0.152. The summed E-state index contributed by atoms with van der Waals surface area (Å²) >= 11 is 0. The second-order valence-corrected chi connectivity index (χ2v) is 7.16. The number of hydrogen-bond acceptors (Lipinski definition) is 4. The second kappa shape index (κ2) is 7.13. The molecule has 0 aliphatic carbocycles. The lowest BCUT2D eigenvalue weighted by Gasteiger charge is -2.36. The molecule has 1 aliphatic rings. The number of aliphatic carboxylic acids is 1. The molecule has 0 spiro atoms. The number of amides is 2. The molecule has 7 heteroatoms. The van der Waals surface area contributed by atoms with Crippen LogP contribution in [-0.4, -0.2) is 45.7 Å². The van der Waals surface area contributed by atoms with E-state index in [2.05, 4.69) is 5.32 Å². The number of benzene rings is 1. The van der Waals surface area contributed by atoms with Crippen molar-refractivity contribution in [3.05, 3.63) is 35.4 Å². The number of carboxylic acid groups (broad SMARTS) is 1. The number of rotatable bonds is 3. The Labute approximate surface area is 147 Å². The fourth-order valence-electron chi connectivity index (χ4n) is 2.77. The Balaban J connectivity index is 2.13. The molecule has 2 rings (SSSR count). The first-order valence-corrected chi connectivity index (χ1v) is 8.18. The van der Waals surface area contributed by atoms with Gasteiger partial charge in [0.05, 0.1) is 0 Å². The Morgan fingerprint density at radius 3 is 2.40 bits per heavy atom. The molecule has 0 saturated carbocycles. The van der Waals surface area contributed by atoms with E-state index in [-0.39, 0.29) is 13.0 Å². The van der Waals surface area contributed by atoms with Gasteiger partial charge in [0.2, 0.25) is 5.91 Å². The second-order valence-electron chi connectivity index (χ2n) is 7.16. The summed E-state index contributed by atoms with van der Waals surface area (Å²) in [6.45, 7) is 6.89. The summed E-state index contributed by atoms with van der Waals surface area (Å²) in [6, 6.07) is 5.61. The van der Waals surface area contributed by atoms with Crippen molar-refractivity contribution in [2.45, 2.75) is 58.3 Å². The van der Waals surface area contributed by atoms with Crippen molar-refractivity contribution in [2.24, 2.45) is 0 Å². The number of nitrogens with one attached hydrogen (secondary N) is 1. The minimum absolute atomic E-state index is 0.201. The van der Waals surface area contributed by atoms with Gasteiger partial charge in [0.1, 0.15) is 17.7 Å². The molecular weight excluding hydrogens is 324 g/mol. The largest absolute Gasteiger partial charge is 0.480 e. The van der Waals surface area contributed by atoms with E-state index in [4.69, 9.17) is 4.74 Å². The quantitative estimate of drug-likeness (QED) is 0.870. The van der Waals surface area contributed by atoms with Gasteiger partial charge in [-0.05, 0) is 38.8 Å². The van der Waals surface area contributed by atoms with Crippen molar-refractivity contribution in [1.29, 1.82) is 0 Å². The Bertz CT molecular complexity index is 680. The van der Waals surface area contributed by atoms with Crippen molar-refractivity contribution >= 4 is 18.0 Å². The minimum atomic E-state index is -1.06. The Kier molecular flexibility index (Phi) is 5.35. The molecule has 136 valence electrons. The highest BCUT2D eigenvalue weighted by atomic mass is 16.6. The lowest BCUT2D eigenvalue weighted by Crippen LogP contribution is -2.55. The number of nitrogens with zero attached hydrogens (tertiary/aromatic N) is 1. The van der Waals surface area contributed by atoms with Crippen molar-refractivity contribution in [2.75, 3.05) is 0 Å². The monoisotopic (exact) mass is 348 g/mol. The van der Waals surface area contributed by atoms with Crippen molar-refractivity contribution in [1.82, 2.24) is 10.2 Å². The predicted octanol–water partition coefficient (Wildman–Crippen LogP) is 1.94. The molecule has 2 atom stereocenters. The van der Waals surface area contributed by atoms with Crippen LogP contribution < -0.4 is 5.32 Å². The van der Waals surface area contributed by atoms with Crippen molar-refractivity contribution in [3.8, 4) is 0 Å². The third-order valence-corrected chi connectivity index (χ3v) is 3.92. The normalized spacial score (nSPS) is 18.1. The summed E-state index contributed by atoms with van der Waals surface area (Å²) in [5, 5.41) is 12.0. The maximum Gasteiger partial charge on any atom is 0.408 e. The number of hydrogen-bond donors (Lipinski definition) is 2. The summed E-state index contributed by atoms with van der Waals surface area (Å²) < 4.78 is 5.14. The van der Waals surface area contributed by atoms with E-state index in [1.54, 1.807) is 20.8 Å². The smallest absolute Gasteiger partial charge is 0.408 e. The topological polar surface area (TPSA) is 95.9 Å². The SMILES string of the molecule is C[C@H](NC(=O)OC(C)(C)C)C(=O)N1Cc2ccccc2C[C@H]1C(=O)O. The van der Waals surface area contributed by atoms with Crippen LogP contribution in [0.2, 0.25) is 0 Å². The van der Waals surface area contributed by atoms with E-state index in [9.17, 15) is 19.5 Å². The molecule has 1 aromatic carbocycles. The highest BCUT2D eigenvalue weighted by Crippen LogP contribution is 2.24. The van der Waals surface area contributed by atoms with Crippen molar-refractivity contribution in [3.63, 3.8) is 0 Å². The fraction of sp³-hybridized carbons (Fsp3) is 0.500. The van der Waals surface area contributed by atoms with Crippen LogP contribution in [0.25, 0.3) is 0 Å². The first-order chi connectivity index (χ1) is 11.6. The van der Waals surface area contributed by atoms with Crippen LogP contribution in [-0.2, 0) is 27.3 Å². The zero-order chi connectivity index (χ0) is 18.8. The number of carbonyl (C=O) groups excluding carboxylic acids is 2. The number of carboxylic acids is 1. The van der Waals surface area contributed by atoms with Gasteiger partial charge >= 0.3 is 12.1 Å². The van der Waals surface area contributed by atoms with Gasteiger partial charge in [-0.1, -0.05) is 24.3 Å². The molecule has 0 aromatic heterocycles. The molecule has 25 heavy (non-hydrogen) atoms. The zero-order valence-electron chi connectivity index (χ0n) is 14.9. The molecule has 1 aliphatic heterocycles. The van der Waals surface area contributed by atoms with E-state index >= 15 is 0 Å². The summed E-state index contributed by atoms with van der Waals surface area (Å²) in [6.07, 6.45) is -0.464. The highest BCUT2D eigenvalue weighted by Gasteiger charge is 2.36. The molecule has 2 N–H and O–H groups in total. The summed E-state index contributed by atoms with van der Waals surface area (Å²) in [5.41, 5.74) is 1.16. The van der Waals surface area contributed by atoms with E-state index in [0.717, 1.165) is 11.1 Å². The third-order valence-electron chi connectivity index (χ3n) is 3.92. The maximum absolute atomic E-state index is 12.7. The minimum Gasteiger partial charge on any atom is -0.480 e. The van der Waals surface area contributed by atoms with Gasteiger partial charge < -0.3 is 20.1 Å². The first-order valence-electron chi connectivity index (χ1n) is 8.18. The van der Waals surface area contributed by atoms with Gasteiger partial charge in [0, 0.05) is 13.0 Å². The summed E-state index contributed by atoms with van der Waals surface area (Å²) in [5.74, 6) is -1.51. The number of alkyl carbamates (subject to hydrolysis) is 1. The van der Waals surface area contributed by atoms with E-state index in [0.29, 0.717) is 0 Å². The molecule has 0 saturated heterocycles. The molecule has 7 nitrogen and oxygen atoms in total. The molecule has 2 amide bonds. The van der Waals surface area contributed by atoms with Crippen molar-refractivity contribution < 1.29 is 24.2 Å². The molecule has 1 heterocycles. The lowest BCUT2D eigenvalue weighted by atomic mass is 9.93. The average Bonchev–Trinajstić information content (AvgIpc) is 2.50. The number of ether oxygens (including phenoxy) is 1. The van der Waals surface area contributed by atoms with Crippen LogP contribution in [0.4, 0.5) is 4.79 Å². The van der Waals surface area contributed by atoms with Gasteiger partial charge in [0.15, 0.2) is 0 Å². The van der Waals surface area contributed by atoms with E-state index in [1.807, 2.05) is 24.3 Å². The molecule has 0 radical (unpaired) electrons. The van der Waals surface area contributed by atoms with Crippen LogP contribution in [0.3, 0.4) is 0 Å². The van der Waals surface area contributed by atoms with Crippen LogP contribution in [0, 0.1) is 0 Å². The average molecular weight is 348 g/mol. The predicted molar refractivity (Wildman–Crippen MR) is 91.0 cm³/mol. The number of fused-ring (bicyclic) bond motifs is 1. The van der Waals surface area contributed by atoms with Gasteiger partial charge in [-0.2, -0.15) is 0 Å². The molecule has 0 bridgehead atoms. The fourth-order valence-corrected chi connectivity index (χ4v) is 2.77. The van der Waals surface area contributed by atoms with Gasteiger partial charge in [-0.25, -0.2) is 9.59 Å². The zero-order valence-corrected chi connectivity index (χ0v) is 14.9. The van der Waals surface area contributed by atoms with Gasteiger partial charge in [-0.15, -0.1) is 0 Å². The Morgan fingerprint density at radius 2 is 1.84 bits per heavy atom. The number of carbonyl (C=O) groups is 3. The highest BCUT2D eigenvalue weighted by molar-refractivity contribution is 5.89. The Hall–Kier alpha value is -2.57. The van der Waals surface area contributed by atoms with Crippen LogP contribution in [0.5, 0.6) is 0 Å². The van der Waals surface area contributed by atoms with E-state index in [1.165, 1.54) is 11.8 Å². The molecule has 0 fully saturated rings. The van der Waals surface area contributed by atoms with Gasteiger partial charge in [-0.3, -0.25) is 4.79 Å². The molecule has 0 unspecified atom stereocenters. The summed E-state index contributed by atoms with van der Waals surface area (Å²) in [7, 11) is 0. The van der Waals surface area contributed by atoms with Crippen LogP contribution >= 0.6 is 0 Å². The standard InChI is InChI=1S/C18H24N2O5/c1-11(19-17(24)25-18(2,3)4)15(21)20-10-13-8-6-5-7-12(13)9-14(20)16(22)23/h5-8,11,14H,9-10H2,1-4H3,(H,19,24)(H,22,23)/t11-,14-/m0/s1. The van der Waals surface area contributed by atoms with Crippen LogP contribution in [0.15, 0.2) is 24.3 Å². The van der Waals surface area contributed by atoms with E-state index < -0.39 is 35.7 Å². The van der Waals surface area contributed by atoms with Crippen LogP contribution in [0.1, 0.15) is 38.8 Å².